The Morgan fingerprint density at radius 1 is 1.36 bits per heavy atom. The molecule has 0 unspecified atom stereocenters. The van der Waals surface area contributed by atoms with Crippen molar-refractivity contribution in [3.63, 3.8) is 0 Å². The highest BCUT2D eigenvalue weighted by Crippen LogP contribution is 2.07. The van der Waals surface area contributed by atoms with Crippen molar-refractivity contribution in [2.45, 2.75) is 6.61 Å². The molecule has 2 rings (SSSR count). The van der Waals surface area contributed by atoms with E-state index in [1.807, 2.05) is 0 Å². The number of nitrogens with zero attached hydrogens (tertiary/aromatic N) is 3. The summed E-state index contributed by atoms with van der Waals surface area (Å²) in [4.78, 5) is 4.12. The topological polar surface area (TPSA) is 77.0 Å². The Labute approximate surface area is 80.8 Å². The lowest BCUT2D eigenvalue weighted by atomic mass is 10.3. The van der Waals surface area contributed by atoms with Gasteiger partial charge in [0.1, 0.15) is 0 Å². The standard InChI is InChI=1S/C9H10N4O/c10-8-4-12-13(5-8)9-2-1-7(6-14)3-11-9/h1-5,14H,6,10H2. The molecule has 72 valence electrons. The third-order valence-corrected chi connectivity index (χ3v) is 1.83. The van der Waals surface area contributed by atoms with Gasteiger partial charge in [0, 0.05) is 6.20 Å². The summed E-state index contributed by atoms with van der Waals surface area (Å²) in [5.74, 6) is 0.680. The van der Waals surface area contributed by atoms with Crippen LogP contribution in [0.15, 0.2) is 30.7 Å². The van der Waals surface area contributed by atoms with Gasteiger partial charge in [-0.3, -0.25) is 0 Å². The van der Waals surface area contributed by atoms with Crippen LogP contribution in [0.1, 0.15) is 5.56 Å². The van der Waals surface area contributed by atoms with Crippen LogP contribution in [0.4, 0.5) is 5.69 Å². The van der Waals surface area contributed by atoms with E-state index in [2.05, 4.69) is 10.1 Å². The van der Waals surface area contributed by atoms with Crippen molar-refractivity contribution in [2.24, 2.45) is 0 Å². The lowest BCUT2D eigenvalue weighted by Crippen LogP contribution is -1.98. The molecule has 0 radical (unpaired) electrons. The lowest BCUT2D eigenvalue weighted by molar-refractivity contribution is 0.281. The minimum atomic E-state index is -0.00543. The molecule has 0 saturated heterocycles. The third-order valence-electron chi connectivity index (χ3n) is 1.83. The number of hydrogen-bond donors (Lipinski definition) is 2. The summed E-state index contributed by atoms with van der Waals surface area (Å²) in [7, 11) is 0. The summed E-state index contributed by atoms with van der Waals surface area (Å²) in [6.45, 7) is -0.00543. The first-order valence-electron chi connectivity index (χ1n) is 4.16. The van der Waals surface area contributed by atoms with Gasteiger partial charge < -0.3 is 10.8 Å². The van der Waals surface area contributed by atoms with E-state index in [1.54, 1.807) is 35.4 Å². The molecule has 0 fully saturated rings. The van der Waals surface area contributed by atoms with E-state index < -0.39 is 0 Å². The molecule has 0 atom stereocenters. The van der Waals surface area contributed by atoms with Crippen molar-refractivity contribution < 1.29 is 5.11 Å². The SMILES string of the molecule is Nc1cnn(-c2ccc(CO)cn2)c1. The molecule has 0 bridgehead atoms. The first-order valence-corrected chi connectivity index (χ1v) is 4.16. The van der Waals surface area contributed by atoms with Crippen LogP contribution in [-0.2, 0) is 6.61 Å². The zero-order valence-electron chi connectivity index (χ0n) is 7.46. The highest BCUT2D eigenvalue weighted by Gasteiger charge is 1.99. The van der Waals surface area contributed by atoms with Crippen molar-refractivity contribution >= 4 is 5.69 Å². The Hall–Kier alpha value is -1.88. The Morgan fingerprint density at radius 2 is 2.21 bits per heavy atom. The smallest absolute Gasteiger partial charge is 0.153 e. The first kappa shape index (κ1) is 8.71. The molecule has 0 amide bonds. The van der Waals surface area contributed by atoms with E-state index >= 15 is 0 Å². The van der Waals surface area contributed by atoms with E-state index in [0.29, 0.717) is 11.5 Å². The number of anilines is 1. The second-order valence-electron chi connectivity index (χ2n) is 2.90. The predicted octanol–water partition coefficient (Wildman–Crippen LogP) is 0.342. The van der Waals surface area contributed by atoms with Gasteiger partial charge in [0.2, 0.25) is 0 Å². The molecule has 0 aliphatic heterocycles. The lowest BCUT2D eigenvalue weighted by Gasteiger charge is -2.00. The van der Waals surface area contributed by atoms with E-state index in [9.17, 15) is 0 Å². The van der Waals surface area contributed by atoms with Crippen molar-refractivity contribution in [2.75, 3.05) is 5.73 Å². The maximum atomic E-state index is 8.82. The summed E-state index contributed by atoms with van der Waals surface area (Å²) in [5.41, 5.74) is 6.89. The molecule has 2 heterocycles. The fourth-order valence-electron chi connectivity index (χ4n) is 1.11. The first-order chi connectivity index (χ1) is 6.79. The molecule has 3 N–H and O–H groups in total. The molecule has 2 aromatic heterocycles. The second kappa shape index (κ2) is 3.47. The zero-order chi connectivity index (χ0) is 9.97. The van der Waals surface area contributed by atoms with Gasteiger partial charge >= 0.3 is 0 Å². The van der Waals surface area contributed by atoms with Crippen molar-refractivity contribution in [3.8, 4) is 5.82 Å². The Kier molecular flexibility index (Phi) is 2.16. The molecular weight excluding hydrogens is 180 g/mol. The van der Waals surface area contributed by atoms with Crippen molar-refractivity contribution in [1.82, 2.24) is 14.8 Å². The maximum Gasteiger partial charge on any atom is 0.153 e. The monoisotopic (exact) mass is 190 g/mol. The molecular formula is C9H10N4O. The molecule has 0 aliphatic carbocycles. The van der Waals surface area contributed by atoms with Gasteiger partial charge in [-0.25, -0.2) is 9.67 Å². The van der Waals surface area contributed by atoms with Gasteiger partial charge in [-0.1, -0.05) is 6.07 Å². The Morgan fingerprint density at radius 3 is 2.71 bits per heavy atom. The van der Waals surface area contributed by atoms with Gasteiger partial charge in [0.05, 0.1) is 24.7 Å². The number of nitrogens with two attached hydrogens (primary N) is 1. The summed E-state index contributed by atoms with van der Waals surface area (Å²) in [5, 5.41) is 12.8. The van der Waals surface area contributed by atoms with Crippen molar-refractivity contribution in [3.05, 3.63) is 36.3 Å². The Bertz CT molecular complexity index is 421. The normalized spacial score (nSPS) is 10.4. The predicted molar refractivity (Wildman–Crippen MR) is 51.7 cm³/mol. The van der Waals surface area contributed by atoms with Crippen LogP contribution in [0, 0.1) is 0 Å². The quantitative estimate of drug-likeness (QED) is 0.716. The largest absolute Gasteiger partial charge is 0.396 e. The van der Waals surface area contributed by atoms with Gasteiger partial charge in [-0.15, -0.1) is 0 Å². The minimum absolute atomic E-state index is 0.00543. The zero-order valence-corrected chi connectivity index (χ0v) is 7.46. The summed E-state index contributed by atoms with van der Waals surface area (Å²) in [6.07, 6.45) is 4.84. The van der Waals surface area contributed by atoms with Crippen LogP contribution in [-0.4, -0.2) is 19.9 Å². The van der Waals surface area contributed by atoms with E-state index in [0.717, 1.165) is 5.56 Å². The molecule has 0 aliphatic rings. The molecule has 14 heavy (non-hydrogen) atoms. The van der Waals surface area contributed by atoms with Gasteiger partial charge in [-0.05, 0) is 11.6 Å². The maximum absolute atomic E-state index is 8.82. The number of pyridine rings is 1. The van der Waals surface area contributed by atoms with E-state index in [-0.39, 0.29) is 6.61 Å². The fraction of sp³-hybridized carbons (Fsp3) is 0.111. The average molecular weight is 190 g/mol. The van der Waals surface area contributed by atoms with Crippen LogP contribution < -0.4 is 5.73 Å². The second-order valence-corrected chi connectivity index (χ2v) is 2.90. The third kappa shape index (κ3) is 1.57. The molecule has 0 saturated carbocycles. The van der Waals surface area contributed by atoms with Gasteiger partial charge in [-0.2, -0.15) is 5.10 Å². The van der Waals surface area contributed by atoms with Crippen LogP contribution in [0.25, 0.3) is 5.82 Å². The Balaban J connectivity index is 2.33. The van der Waals surface area contributed by atoms with Crippen molar-refractivity contribution in [1.29, 1.82) is 0 Å². The number of aromatic nitrogens is 3. The van der Waals surface area contributed by atoms with Gasteiger partial charge in [0.25, 0.3) is 0 Å². The summed E-state index contributed by atoms with van der Waals surface area (Å²) < 4.78 is 1.58. The van der Waals surface area contributed by atoms with E-state index in [1.165, 1.54) is 0 Å². The van der Waals surface area contributed by atoms with Crippen LogP contribution in [0.3, 0.4) is 0 Å². The molecule has 2 aromatic rings. The molecule has 5 heteroatoms. The number of rotatable bonds is 2. The van der Waals surface area contributed by atoms with Crippen LogP contribution >= 0.6 is 0 Å². The minimum Gasteiger partial charge on any atom is -0.396 e. The average Bonchev–Trinajstić information content (AvgIpc) is 2.65. The van der Waals surface area contributed by atoms with Crippen LogP contribution in [0.2, 0.25) is 0 Å². The number of aliphatic hydroxyl groups excluding tert-OH is 1. The summed E-state index contributed by atoms with van der Waals surface area (Å²) in [6, 6.07) is 3.57. The fourth-order valence-corrected chi connectivity index (χ4v) is 1.11. The molecule has 0 aromatic carbocycles. The molecule has 0 spiro atoms. The molecule has 5 nitrogen and oxygen atoms in total. The highest BCUT2D eigenvalue weighted by molar-refractivity contribution is 5.35. The number of nitrogen functional groups attached to an aromatic ring is 1. The highest BCUT2D eigenvalue weighted by atomic mass is 16.3. The van der Waals surface area contributed by atoms with Crippen LogP contribution in [0.5, 0.6) is 0 Å². The number of aliphatic hydroxyl groups is 1. The number of hydrogen-bond acceptors (Lipinski definition) is 4. The van der Waals surface area contributed by atoms with E-state index in [4.69, 9.17) is 10.8 Å². The summed E-state index contributed by atoms with van der Waals surface area (Å²) >= 11 is 0. The van der Waals surface area contributed by atoms with Gasteiger partial charge in [0.15, 0.2) is 5.82 Å².